The number of aliphatic carboxylic acids is 2. The molecule has 0 heterocycles. The molecule has 0 aromatic carbocycles. The molecule has 0 aliphatic heterocycles. The van der Waals surface area contributed by atoms with Crippen LogP contribution < -0.4 is 10.2 Å². The normalized spacial score (nSPS) is 11.7. The number of rotatable bonds is 36. The van der Waals surface area contributed by atoms with Gasteiger partial charge in [-0.15, -0.1) is 0 Å². The van der Waals surface area contributed by atoms with E-state index in [0.29, 0.717) is 0 Å². The molecule has 0 bridgehead atoms. The van der Waals surface area contributed by atoms with Gasteiger partial charge in [0.25, 0.3) is 0 Å². The van der Waals surface area contributed by atoms with Crippen molar-refractivity contribution in [2.24, 2.45) is 0 Å². The molecule has 0 aliphatic carbocycles. The van der Waals surface area contributed by atoms with Crippen molar-refractivity contribution in [2.45, 2.75) is 182 Å². The van der Waals surface area contributed by atoms with Gasteiger partial charge in [-0.25, -0.2) is 0 Å². The Kier molecular flexibility index (Phi) is 50.3. The molecule has 7 heteroatoms. The van der Waals surface area contributed by atoms with Crippen LogP contribution in [0.15, 0.2) is 48.6 Å². The number of nitrogens with zero attached hydrogens (tertiary/aromatic N) is 2. The second-order valence-corrected chi connectivity index (χ2v) is 13.7. The van der Waals surface area contributed by atoms with Crippen LogP contribution in [-0.4, -0.2) is 98.7 Å². The SMILES string of the molecule is CCCCC/C=C/CCCN(CCC/C=C/CCCCC)CC(=O)[O-].CCCCC/C=C/CCCN(CCC/C=C/CCCCC)CC(=O)[O-].[Ca+2]. The Bertz CT molecular complexity index is 723. The van der Waals surface area contributed by atoms with Crippen molar-refractivity contribution in [3.8, 4) is 0 Å². The molecule has 6 nitrogen and oxygen atoms in total. The van der Waals surface area contributed by atoms with E-state index in [4.69, 9.17) is 0 Å². The van der Waals surface area contributed by atoms with Crippen LogP contribution in [0.5, 0.6) is 0 Å². The van der Waals surface area contributed by atoms with Gasteiger partial charge in [-0.3, -0.25) is 9.80 Å². The Morgan fingerprint density at radius 1 is 0.373 bits per heavy atom. The molecule has 0 radical (unpaired) electrons. The fourth-order valence-electron chi connectivity index (χ4n) is 5.63. The van der Waals surface area contributed by atoms with Crippen molar-refractivity contribution < 1.29 is 19.8 Å². The average Bonchev–Trinajstić information content (AvgIpc) is 3.09. The van der Waals surface area contributed by atoms with Crippen LogP contribution in [0, 0.1) is 0 Å². The van der Waals surface area contributed by atoms with Crippen molar-refractivity contribution in [3.63, 3.8) is 0 Å². The summed E-state index contributed by atoms with van der Waals surface area (Å²) in [5, 5.41) is 21.8. The van der Waals surface area contributed by atoms with E-state index in [1.165, 1.54) is 103 Å². The van der Waals surface area contributed by atoms with Gasteiger partial charge in [0.1, 0.15) is 0 Å². The molecular weight excluding hydrogens is 661 g/mol. The molecule has 0 unspecified atom stereocenters. The predicted molar refractivity (Wildman–Crippen MR) is 219 cm³/mol. The molecule has 0 spiro atoms. The molecule has 0 atom stereocenters. The Balaban J connectivity index is -0.000000886. The van der Waals surface area contributed by atoms with Crippen LogP contribution >= 0.6 is 0 Å². The molecule has 0 aromatic heterocycles. The average molecular weight is 741 g/mol. The zero-order chi connectivity index (χ0) is 37.2. The first-order valence-corrected chi connectivity index (χ1v) is 20.8. The molecule has 0 fully saturated rings. The van der Waals surface area contributed by atoms with E-state index in [0.717, 1.165) is 77.5 Å². The summed E-state index contributed by atoms with van der Waals surface area (Å²) in [4.78, 5) is 25.8. The molecular formula is C44H80CaN2O4. The summed E-state index contributed by atoms with van der Waals surface area (Å²) >= 11 is 0. The maximum Gasteiger partial charge on any atom is 2.00 e. The molecule has 0 saturated carbocycles. The third kappa shape index (κ3) is 49.1. The van der Waals surface area contributed by atoms with Crippen molar-refractivity contribution in [2.75, 3.05) is 39.3 Å². The minimum atomic E-state index is -0.967. The monoisotopic (exact) mass is 741 g/mol. The number of carbonyl (C=O) groups is 2. The van der Waals surface area contributed by atoms with Crippen molar-refractivity contribution in [1.29, 1.82) is 0 Å². The van der Waals surface area contributed by atoms with Crippen molar-refractivity contribution in [1.82, 2.24) is 9.80 Å². The third-order valence-corrected chi connectivity index (χ3v) is 8.65. The molecule has 0 aliphatic rings. The summed E-state index contributed by atoms with van der Waals surface area (Å²) in [6.45, 7) is 12.4. The maximum atomic E-state index is 10.9. The zero-order valence-electron chi connectivity index (χ0n) is 34.1. The topological polar surface area (TPSA) is 86.7 Å². The van der Waals surface area contributed by atoms with Crippen LogP contribution in [0.1, 0.15) is 182 Å². The number of unbranched alkanes of at least 4 members (excludes halogenated alkanes) is 16. The minimum Gasteiger partial charge on any atom is -0.549 e. The summed E-state index contributed by atoms with van der Waals surface area (Å²) in [7, 11) is 0. The van der Waals surface area contributed by atoms with E-state index >= 15 is 0 Å². The van der Waals surface area contributed by atoms with Crippen molar-refractivity contribution >= 4 is 49.7 Å². The van der Waals surface area contributed by atoms with Gasteiger partial charge in [0.2, 0.25) is 0 Å². The summed E-state index contributed by atoms with van der Waals surface area (Å²) < 4.78 is 0. The zero-order valence-corrected chi connectivity index (χ0v) is 36.3. The van der Waals surface area contributed by atoms with Crippen LogP contribution in [0.4, 0.5) is 0 Å². The first-order chi connectivity index (χ1) is 24.4. The van der Waals surface area contributed by atoms with E-state index in [9.17, 15) is 19.8 Å². The first kappa shape index (κ1) is 54.4. The quantitative estimate of drug-likeness (QED) is 0.0362. The van der Waals surface area contributed by atoms with Gasteiger partial charge in [-0.2, -0.15) is 0 Å². The van der Waals surface area contributed by atoms with Gasteiger partial charge in [-0.05, 0) is 129 Å². The first-order valence-electron chi connectivity index (χ1n) is 20.8. The largest absolute Gasteiger partial charge is 2.00 e. The number of hydrogen-bond donors (Lipinski definition) is 0. The fraction of sp³-hybridized carbons (Fsp3) is 0.773. The summed E-state index contributed by atoms with van der Waals surface area (Å²) in [5.41, 5.74) is 0. The van der Waals surface area contributed by atoms with E-state index in [1.54, 1.807) is 0 Å². The van der Waals surface area contributed by atoms with E-state index < -0.39 is 11.9 Å². The van der Waals surface area contributed by atoms with Gasteiger partial charge < -0.3 is 19.8 Å². The van der Waals surface area contributed by atoms with E-state index in [-0.39, 0.29) is 50.8 Å². The Morgan fingerprint density at radius 2 is 0.569 bits per heavy atom. The molecule has 51 heavy (non-hydrogen) atoms. The number of allylic oxidation sites excluding steroid dienone is 8. The van der Waals surface area contributed by atoms with Gasteiger partial charge >= 0.3 is 37.7 Å². The predicted octanol–water partition coefficient (Wildman–Crippen LogP) is 9.36. The second-order valence-electron chi connectivity index (χ2n) is 13.7. The van der Waals surface area contributed by atoms with Gasteiger partial charge in [0, 0.05) is 13.1 Å². The van der Waals surface area contributed by atoms with E-state index in [2.05, 4.69) is 76.3 Å². The Labute approximate surface area is 346 Å². The molecule has 0 saturated heterocycles. The molecule has 0 aromatic rings. The van der Waals surface area contributed by atoms with Gasteiger partial charge in [0.05, 0.1) is 11.9 Å². The molecule has 0 amide bonds. The summed E-state index contributed by atoms with van der Waals surface area (Å²) in [6, 6.07) is 0. The smallest absolute Gasteiger partial charge is 0.549 e. The minimum absolute atomic E-state index is 0. The second kappa shape index (κ2) is 47.1. The molecule has 0 rings (SSSR count). The summed E-state index contributed by atoms with van der Waals surface area (Å²) in [6.07, 6.45) is 46.3. The number of hydrogen-bond acceptors (Lipinski definition) is 6. The van der Waals surface area contributed by atoms with Crippen LogP contribution in [0.2, 0.25) is 0 Å². The molecule has 0 N–H and O–H groups in total. The number of carbonyl (C=O) groups excluding carboxylic acids is 2. The standard InChI is InChI=1S/2C22H41NO2.Ca/c2*1-3-5-7-9-11-13-15-17-19-23(21-22(24)25)20-18-16-14-12-10-8-6-4-2;/h2*11-14H,3-10,15-21H2,1-2H3,(H,24,25);/q;;+2/p-2/b2*13-11+,14-12+;. The van der Waals surface area contributed by atoms with Gasteiger partial charge in [-0.1, -0.05) is 128 Å². The fourth-order valence-corrected chi connectivity index (χ4v) is 5.63. The number of carboxylic acid groups (broad SMARTS) is 2. The Morgan fingerprint density at radius 3 is 0.745 bits per heavy atom. The van der Waals surface area contributed by atoms with E-state index in [1.807, 2.05) is 9.80 Å². The van der Waals surface area contributed by atoms with Crippen molar-refractivity contribution in [3.05, 3.63) is 48.6 Å². The Hall–Kier alpha value is -0.920. The maximum absolute atomic E-state index is 10.9. The third-order valence-electron chi connectivity index (χ3n) is 8.65. The van der Waals surface area contributed by atoms with Gasteiger partial charge in [0.15, 0.2) is 0 Å². The summed E-state index contributed by atoms with van der Waals surface area (Å²) in [5.74, 6) is -1.93. The van der Waals surface area contributed by atoms with Crippen LogP contribution in [0.3, 0.4) is 0 Å². The van der Waals surface area contributed by atoms with Crippen LogP contribution in [0.25, 0.3) is 0 Å². The molecule has 292 valence electrons. The van der Waals surface area contributed by atoms with Crippen LogP contribution in [-0.2, 0) is 9.59 Å². The number of carboxylic acids is 2.